The van der Waals surface area contributed by atoms with Crippen LogP contribution in [0.5, 0.6) is 0 Å². The Kier molecular flexibility index (Phi) is 3.76. The summed E-state index contributed by atoms with van der Waals surface area (Å²) < 4.78 is 0. The molecule has 0 heterocycles. The van der Waals surface area contributed by atoms with Crippen LogP contribution in [-0.4, -0.2) is 30.4 Å². The monoisotopic (exact) mass is 238 g/mol. The topological polar surface area (TPSA) is 46.3 Å². The normalized spacial score (nSPS) is 24.6. The summed E-state index contributed by atoms with van der Waals surface area (Å²) in [4.78, 5) is 14.7. The molecule has 0 bridgehead atoms. The summed E-state index contributed by atoms with van der Waals surface area (Å²) in [5.74, 6) is 1.03. The first-order valence-corrected chi connectivity index (χ1v) is 7.12. The average Bonchev–Trinajstić information content (AvgIpc) is 3.06. The Labute approximate surface area is 105 Å². The molecule has 0 aromatic heterocycles. The number of carbonyl (C=O) groups excluding carboxylic acids is 1. The van der Waals surface area contributed by atoms with E-state index >= 15 is 0 Å². The van der Waals surface area contributed by atoms with E-state index in [-0.39, 0.29) is 11.5 Å². The van der Waals surface area contributed by atoms with E-state index in [9.17, 15) is 4.79 Å². The fourth-order valence-electron chi connectivity index (χ4n) is 3.44. The van der Waals surface area contributed by atoms with Crippen LogP contribution in [0.3, 0.4) is 0 Å². The van der Waals surface area contributed by atoms with Crippen molar-refractivity contribution in [3.63, 3.8) is 0 Å². The van der Waals surface area contributed by atoms with Crippen molar-refractivity contribution in [3.05, 3.63) is 0 Å². The molecule has 17 heavy (non-hydrogen) atoms. The molecule has 2 N–H and O–H groups in total. The van der Waals surface area contributed by atoms with Crippen LogP contribution in [0.2, 0.25) is 0 Å². The standard InChI is InChI=1S/C14H26N2O/c1-3-14(8-4-5-9-14)13(17)16(2)12(10-15)11-6-7-11/h11-12H,3-10,15H2,1-2H3. The maximum Gasteiger partial charge on any atom is 0.228 e. The molecule has 2 saturated carbocycles. The Morgan fingerprint density at radius 3 is 2.41 bits per heavy atom. The molecule has 1 atom stereocenters. The molecule has 2 aliphatic rings. The van der Waals surface area contributed by atoms with Crippen LogP contribution in [-0.2, 0) is 4.79 Å². The van der Waals surface area contributed by atoms with Gasteiger partial charge in [-0.05, 0) is 38.0 Å². The molecule has 0 aliphatic heterocycles. The first-order chi connectivity index (χ1) is 8.14. The molecular formula is C14H26N2O. The Morgan fingerprint density at radius 1 is 1.41 bits per heavy atom. The fraction of sp³-hybridized carbons (Fsp3) is 0.929. The van der Waals surface area contributed by atoms with Gasteiger partial charge in [-0.1, -0.05) is 19.8 Å². The molecule has 2 fully saturated rings. The summed E-state index contributed by atoms with van der Waals surface area (Å²) in [6.45, 7) is 2.78. The van der Waals surface area contributed by atoms with E-state index in [2.05, 4.69) is 6.92 Å². The van der Waals surface area contributed by atoms with E-state index in [0.717, 1.165) is 19.3 Å². The minimum Gasteiger partial charge on any atom is -0.341 e. The van der Waals surface area contributed by atoms with Crippen molar-refractivity contribution in [2.24, 2.45) is 17.1 Å². The van der Waals surface area contributed by atoms with Crippen molar-refractivity contribution in [1.82, 2.24) is 4.90 Å². The van der Waals surface area contributed by atoms with Gasteiger partial charge in [0.05, 0.1) is 0 Å². The molecule has 1 unspecified atom stereocenters. The Morgan fingerprint density at radius 2 is 2.00 bits per heavy atom. The third-order valence-corrected chi connectivity index (χ3v) is 4.92. The third-order valence-electron chi connectivity index (χ3n) is 4.92. The smallest absolute Gasteiger partial charge is 0.228 e. The Bertz CT molecular complexity index is 280. The summed E-state index contributed by atoms with van der Waals surface area (Å²) in [6, 6.07) is 0.284. The van der Waals surface area contributed by atoms with Crippen molar-refractivity contribution in [3.8, 4) is 0 Å². The predicted octanol–water partition coefficient (Wildman–Crippen LogP) is 2.15. The van der Waals surface area contributed by atoms with Gasteiger partial charge >= 0.3 is 0 Å². The van der Waals surface area contributed by atoms with Crippen molar-refractivity contribution < 1.29 is 4.79 Å². The number of nitrogens with zero attached hydrogens (tertiary/aromatic N) is 1. The lowest BCUT2D eigenvalue weighted by Crippen LogP contribution is -2.49. The van der Waals surface area contributed by atoms with E-state index < -0.39 is 0 Å². The van der Waals surface area contributed by atoms with E-state index in [1.807, 2.05) is 11.9 Å². The minimum atomic E-state index is -0.0585. The highest BCUT2D eigenvalue weighted by Crippen LogP contribution is 2.44. The molecule has 3 nitrogen and oxygen atoms in total. The molecule has 0 spiro atoms. The highest BCUT2D eigenvalue weighted by molar-refractivity contribution is 5.83. The van der Waals surface area contributed by atoms with Crippen LogP contribution < -0.4 is 5.73 Å². The Hall–Kier alpha value is -0.570. The summed E-state index contributed by atoms with van der Waals surface area (Å²) in [5.41, 5.74) is 5.78. The van der Waals surface area contributed by atoms with Crippen LogP contribution in [0.15, 0.2) is 0 Å². The fourth-order valence-corrected chi connectivity index (χ4v) is 3.44. The predicted molar refractivity (Wildman–Crippen MR) is 69.5 cm³/mol. The molecule has 1 amide bonds. The Balaban J connectivity index is 2.06. The molecule has 2 rings (SSSR count). The lowest BCUT2D eigenvalue weighted by Gasteiger charge is -2.36. The van der Waals surface area contributed by atoms with Crippen LogP contribution >= 0.6 is 0 Å². The minimum absolute atomic E-state index is 0.0585. The first kappa shape index (κ1) is 12.9. The van der Waals surface area contributed by atoms with E-state index in [1.165, 1.54) is 25.7 Å². The summed E-state index contributed by atoms with van der Waals surface area (Å²) in [6.07, 6.45) is 8.06. The lowest BCUT2D eigenvalue weighted by molar-refractivity contribution is -0.143. The average molecular weight is 238 g/mol. The zero-order valence-electron chi connectivity index (χ0n) is 11.2. The molecule has 98 valence electrons. The molecule has 2 aliphatic carbocycles. The molecule has 0 saturated heterocycles. The maximum absolute atomic E-state index is 12.7. The SMILES string of the molecule is CCC1(C(=O)N(C)C(CN)C2CC2)CCCC1. The van der Waals surface area contributed by atoms with Crippen LogP contribution in [0.1, 0.15) is 51.9 Å². The van der Waals surface area contributed by atoms with Crippen molar-refractivity contribution in [2.75, 3.05) is 13.6 Å². The van der Waals surface area contributed by atoms with Crippen molar-refractivity contribution in [1.29, 1.82) is 0 Å². The van der Waals surface area contributed by atoms with Gasteiger partial charge in [0.15, 0.2) is 0 Å². The highest BCUT2D eigenvalue weighted by atomic mass is 16.2. The molecule has 0 aromatic rings. The van der Waals surface area contributed by atoms with E-state index in [4.69, 9.17) is 5.73 Å². The number of hydrogen-bond donors (Lipinski definition) is 1. The van der Waals surface area contributed by atoms with Gasteiger partial charge in [-0.3, -0.25) is 4.79 Å². The van der Waals surface area contributed by atoms with Gasteiger partial charge in [-0.15, -0.1) is 0 Å². The second-order valence-electron chi connectivity index (χ2n) is 5.90. The lowest BCUT2D eigenvalue weighted by atomic mass is 9.81. The number of nitrogens with two attached hydrogens (primary N) is 1. The van der Waals surface area contributed by atoms with Gasteiger partial charge in [-0.25, -0.2) is 0 Å². The summed E-state index contributed by atoms with van der Waals surface area (Å²) in [7, 11) is 1.97. The second kappa shape index (κ2) is 4.97. The van der Waals surface area contributed by atoms with Gasteiger partial charge < -0.3 is 10.6 Å². The van der Waals surface area contributed by atoms with E-state index in [0.29, 0.717) is 18.4 Å². The summed E-state index contributed by atoms with van der Waals surface area (Å²) >= 11 is 0. The number of hydrogen-bond acceptors (Lipinski definition) is 2. The summed E-state index contributed by atoms with van der Waals surface area (Å²) in [5, 5.41) is 0. The number of rotatable bonds is 5. The maximum atomic E-state index is 12.7. The van der Waals surface area contributed by atoms with Gasteiger partial charge in [0, 0.05) is 25.0 Å². The molecule has 0 radical (unpaired) electrons. The molecule has 3 heteroatoms. The molecular weight excluding hydrogens is 212 g/mol. The van der Waals surface area contributed by atoms with Gasteiger partial charge in [0.1, 0.15) is 0 Å². The van der Waals surface area contributed by atoms with Crippen LogP contribution in [0.25, 0.3) is 0 Å². The van der Waals surface area contributed by atoms with Gasteiger partial charge in [-0.2, -0.15) is 0 Å². The van der Waals surface area contributed by atoms with Crippen LogP contribution in [0, 0.1) is 11.3 Å². The zero-order valence-corrected chi connectivity index (χ0v) is 11.2. The molecule has 0 aromatic carbocycles. The number of amides is 1. The van der Waals surface area contributed by atoms with Gasteiger partial charge in [0.25, 0.3) is 0 Å². The second-order valence-corrected chi connectivity index (χ2v) is 5.90. The third kappa shape index (κ3) is 2.35. The number of likely N-dealkylation sites (N-methyl/N-ethyl adjacent to an activating group) is 1. The van der Waals surface area contributed by atoms with Crippen LogP contribution in [0.4, 0.5) is 0 Å². The highest BCUT2D eigenvalue weighted by Gasteiger charge is 2.44. The van der Waals surface area contributed by atoms with Crippen molar-refractivity contribution in [2.45, 2.75) is 57.9 Å². The van der Waals surface area contributed by atoms with Gasteiger partial charge in [0.2, 0.25) is 5.91 Å². The number of carbonyl (C=O) groups is 1. The first-order valence-electron chi connectivity index (χ1n) is 7.12. The largest absolute Gasteiger partial charge is 0.341 e. The van der Waals surface area contributed by atoms with E-state index in [1.54, 1.807) is 0 Å². The van der Waals surface area contributed by atoms with Crippen molar-refractivity contribution >= 4 is 5.91 Å². The quantitative estimate of drug-likeness (QED) is 0.797. The zero-order chi connectivity index (χ0) is 12.5.